The highest BCUT2D eigenvalue weighted by Crippen LogP contribution is 2.43. The van der Waals surface area contributed by atoms with E-state index < -0.39 is 22.4 Å². The van der Waals surface area contributed by atoms with E-state index in [1.807, 2.05) is 19.9 Å². The van der Waals surface area contributed by atoms with Crippen LogP contribution in [-0.4, -0.2) is 59.1 Å². The van der Waals surface area contributed by atoms with E-state index in [1.165, 1.54) is 0 Å². The van der Waals surface area contributed by atoms with Gasteiger partial charge >= 0.3 is 0 Å². The maximum atomic E-state index is 9.40. The molecule has 0 aliphatic carbocycles. The molecule has 1 aliphatic rings. The number of aliphatic hydroxyl groups is 1. The number of ether oxygens (including phenoxy) is 2. The summed E-state index contributed by atoms with van der Waals surface area (Å²) in [6.45, 7) is 31.7. The fourth-order valence-electron chi connectivity index (χ4n) is 3.70. The lowest BCUT2D eigenvalue weighted by Crippen LogP contribution is -2.55. The zero-order chi connectivity index (χ0) is 26.0. The van der Waals surface area contributed by atoms with Crippen LogP contribution in [0.25, 0.3) is 0 Å². The Hall–Kier alpha value is -0.0262. The van der Waals surface area contributed by atoms with E-state index in [0.29, 0.717) is 6.61 Å². The topological polar surface area (TPSA) is 57.2 Å². The lowest BCUT2D eigenvalue weighted by atomic mass is 9.87. The lowest BCUT2D eigenvalue weighted by molar-refractivity contribution is -0.157. The Morgan fingerprint density at radius 1 is 0.970 bits per heavy atom. The first-order valence-electron chi connectivity index (χ1n) is 12.6. The molecular formula is C26H54O5Si2. The van der Waals surface area contributed by atoms with Gasteiger partial charge in [0, 0.05) is 5.92 Å². The van der Waals surface area contributed by atoms with Crippen LogP contribution >= 0.6 is 0 Å². The molecule has 0 aromatic heterocycles. The third kappa shape index (κ3) is 8.26. The molecule has 1 heterocycles. The Bertz CT molecular complexity index is 646. The summed E-state index contributed by atoms with van der Waals surface area (Å²) >= 11 is 0. The van der Waals surface area contributed by atoms with Gasteiger partial charge in [-0.05, 0) is 56.0 Å². The molecule has 0 amide bonds. The average molecular weight is 503 g/mol. The van der Waals surface area contributed by atoms with Crippen molar-refractivity contribution in [2.45, 2.75) is 130 Å². The van der Waals surface area contributed by atoms with Crippen LogP contribution < -0.4 is 0 Å². The van der Waals surface area contributed by atoms with E-state index in [4.69, 9.17) is 18.3 Å². The summed E-state index contributed by atoms with van der Waals surface area (Å²) in [5.41, 5.74) is 0. The number of hydrogen-bond acceptors (Lipinski definition) is 5. The second kappa shape index (κ2) is 10.9. The second-order valence-corrected chi connectivity index (χ2v) is 22.9. The summed E-state index contributed by atoms with van der Waals surface area (Å²) in [7, 11) is -4.14. The molecule has 0 aromatic carbocycles. The highest BCUT2D eigenvalue weighted by molar-refractivity contribution is 6.74. The SMILES string of the molecule is C[C@@H]([C@H](O[Si](C)(C)C(C)(C)C)[C@H](C)/C=C/CO)[C@H](O[Si](C)(C)C(C)(C)C)[C@H]1COC(C)(C)O1. The summed E-state index contributed by atoms with van der Waals surface area (Å²) < 4.78 is 26.5. The van der Waals surface area contributed by atoms with Gasteiger partial charge in [0.05, 0.1) is 25.4 Å². The van der Waals surface area contributed by atoms with Gasteiger partial charge in [-0.1, -0.05) is 67.5 Å². The zero-order valence-corrected chi connectivity index (χ0v) is 26.0. The molecule has 1 rings (SSSR count). The van der Waals surface area contributed by atoms with E-state index in [9.17, 15) is 5.11 Å². The van der Waals surface area contributed by atoms with Crippen molar-refractivity contribution < 1.29 is 23.4 Å². The molecule has 1 fully saturated rings. The molecule has 1 N–H and O–H groups in total. The van der Waals surface area contributed by atoms with Crippen LogP contribution in [0.3, 0.4) is 0 Å². The van der Waals surface area contributed by atoms with Gasteiger partial charge in [0.1, 0.15) is 6.10 Å². The molecule has 196 valence electrons. The van der Waals surface area contributed by atoms with Crippen LogP contribution in [0.1, 0.15) is 69.2 Å². The molecule has 0 aromatic rings. The van der Waals surface area contributed by atoms with Crippen molar-refractivity contribution in [3.8, 4) is 0 Å². The third-order valence-electron chi connectivity index (χ3n) is 7.97. The van der Waals surface area contributed by atoms with E-state index >= 15 is 0 Å². The highest BCUT2D eigenvalue weighted by Gasteiger charge is 2.49. The average Bonchev–Trinajstić information content (AvgIpc) is 2.99. The number of aliphatic hydroxyl groups excluding tert-OH is 1. The van der Waals surface area contributed by atoms with E-state index in [1.54, 1.807) is 0 Å². The lowest BCUT2D eigenvalue weighted by Gasteiger charge is -2.47. The highest BCUT2D eigenvalue weighted by atomic mass is 28.4. The maximum Gasteiger partial charge on any atom is 0.192 e. The Balaban J connectivity index is 3.43. The minimum absolute atomic E-state index is 0.0309. The summed E-state index contributed by atoms with van der Waals surface area (Å²) in [5, 5.41) is 9.58. The molecule has 33 heavy (non-hydrogen) atoms. The van der Waals surface area contributed by atoms with Gasteiger partial charge in [0.25, 0.3) is 0 Å². The first-order chi connectivity index (χ1) is 14.7. The van der Waals surface area contributed by atoms with E-state index in [0.717, 1.165) is 0 Å². The van der Waals surface area contributed by atoms with Crippen molar-refractivity contribution in [2.75, 3.05) is 13.2 Å². The van der Waals surface area contributed by atoms with Crippen LogP contribution in [0.4, 0.5) is 0 Å². The molecule has 5 nitrogen and oxygen atoms in total. The third-order valence-corrected chi connectivity index (χ3v) is 16.9. The van der Waals surface area contributed by atoms with Gasteiger partial charge < -0.3 is 23.4 Å². The fourth-order valence-corrected chi connectivity index (χ4v) is 6.56. The normalized spacial score (nSPS) is 24.2. The molecule has 1 saturated heterocycles. The molecule has 1 aliphatic heterocycles. The molecule has 0 radical (unpaired) electrons. The molecule has 0 bridgehead atoms. The zero-order valence-electron chi connectivity index (χ0n) is 24.0. The van der Waals surface area contributed by atoms with Crippen molar-refractivity contribution in [1.82, 2.24) is 0 Å². The predicted octanol–water partition coefficient (Wildman–Crippen LogP) is 6.74. The van der Waals surface area contributed by atoms with Crippen LogP contribution in [0, 0.1) is 11.8 Å². The van der Waals surface area contributed by atoms with Gasteiger partial charge in [-0.15, -0.1) is 0 Å². The van der Waals surface area contributed by atoms with Gasteiger partial charge in [-0.2, -0.15) is 0 Å². The summed E-state index contributed by atoms with van der Waals surface area (Å²) in [6, 6.07) is 0. The van der Waals surface area contributed by atoms with Crippen molar-refractivity contribution in [3.63, 3.8) is 0 Å². The van der Waals surface area contributed by atoms with Crippen molar-refractivity contribution in [2.24, 2.45) is 11.8 Å². The fraction of sp³-hybridized carbons (Fsp3) is 0.923. The minimum atomic E-state index is -2.08. The molecule has 0 saturated carbocycles. The van der Waals surface area contributed by atoms with Crippen molar-refractivity contribution in [1.29, 1.82) is 0 Å². The summed E-state index contributed by atoms with van der Waals surface area (Å²) in [4.78, 5) is 0. The van der Waals surface area contributed by atoms with Gasteiger partial charge in [0.2, 0.25) is 0 Å². The molecule has 0 spiro atoms. The van der Waals surface area contributed by atoms with Gasteiger partial charge in [0.15, 0.2) is 22.4 Å². The first kappa shape index (κ1) is 31.0. The number of rotatable bonds is 10. The molecular weight excluding hydrogens is 448 g/mol. The Labute approximate surface area is 206 Å². The van der Waals surface area contributed by atoms with E-state index in [-0.39, 0.29) is 46.8 Å². The van der Waals surface area contributed by atoms with Gasteiger partial charge in [-0.25, -0.2) is 0 Å². The summed E-state index contributed by atoms with van der Waals surface area (Å²) in [5.74, 6) is -0.409. The van der Waals surface area contributed by atoms with Crippen LogP contribution in [0.15, 0.2) is 12.2 Å². The van der Waals surface area contributed by atoms with Crippen LogP contribution in [0.5, 0.6) is 0 Å². The standard InChI is InChI=1S/C26H54O5Si2/c1-19(16-15-17-27)22(30-32(11,12)24(3,4)5)20(2)23(21-18-28-26(9,10)29-21)31-33(13,14)25(6,7)8/h15-16,19-23,27H,17-18H2,1-14H3/b16-15+/t19-,20+,21-,22-,23+/m1/s1. The minimum Gasteiger partial charge on any atom is -0.413 e. The Kier molecular flexibility index (Phi) is 10.3. The Morgan fingerprint density at radius 2 is 1.45 bits per heavy atom. The quantitative estimate of drug-likeness (QED) is 0.265. The van der Waals surface area contributed by atoms with Gasteiger partial charge in [-0.3, -0.25) is 0 Å². The first-order valence-corrected chi connectivity index (χ1v) is 18.4. The molecule has 7 heteroatoms. The number of hydrogen-bond donors (Lipinski definition) is 1. The van der Waals surface area contributed by atoms with Crippen LogP contribution in [0.2, 0.25) is 36.3 Å². The van der Waals surface area contributed by atoms with Crippen molar-refractivity contribution >= 4 is 16.6 Å². The largest absolute Gasteiger partial charge is 0.413 e. The summed E-state index contributed by atoms with van der Waals surface area (Å²) in [6.07, 6.45) is 3.54. The van der Waals surface area contributed by atoms with Crippen LogP contribution in [-0.2, 0) is 18.3 Å². The smallest absolute Gasteiger partial charge is 0.192 e. The second-order valence-electron chi connectivity index (χ2n) is 13.4. The predicted molar refractivity (Wildman–Crippen MR) is 144 cm³/mol. The monoisotopic (exact) mass is 502 g/mol. The Morgan fingerprint density at radius 3 is 1.85 bits per heavy atom. The van der Waals surface area contributed by atoms with E-state index in [2.05, 4.69) is 87.7 Å². The molecule has 5 atom stereocenters. The van der Waals surface area contributed by atoms with Crippen molar-refractivity contribution in [3.05, 3.63) is 12.2 Å². The maximum absolute atomic E-state index is 9.40. The molecule has 0 unspecified atom stereocenters.